The summed E-state index contributed by atoms with van der Waals surface area (Å²) < 4.78 is 13.2. The Hall–Kier alpha value is -1.99. The molecule has 7 heteroatoms. The molecular formula is C22H32FNO5. The zero-order valence-electron chi connectivity index (χ0n) is 16.7. The highest BCUT2D eigenvalue weighted by Crippen LogP contribution is 2.39. The van der Waals surface area contributed by atoms with E-state index >= 15 is 0 Å². The van der Waals surface area contributed by atoms with Gasteiger partial charge in [-0.15, -0.1) is 0 Å². The zero-order valence-corrected chi connectivity index (χ0v) is 16.7. The Morgan fingerprint density at radius 2 is 1.69 bits per heavy atom. The molecule has 1 aromatic carbocycles. The average Bonchev–Trinajstić information content (AvgIpc) is 2.93. The van der Waals surface area contributed by atoms with Crippen LogP contribution in [0, 0.1) is 17.7 Å². The highest BCUT2D eigenvalue weighted by Gasteiger charge is 2.40. The molecule has 162 valence electrons. The van der Waals surface area contributed by atoms with E-state index in [9.17, 15) is 24.2 Å². The van der Waals surface area contributed by atoms with E-state index in [1.807, 2.05) is 0 Å². The third-order valence-electron chi connectivity index (χ3n) is 5.77. The number of carbonyl (C=O) groups is 2. The molecule has 4 atom stereocenters. The number of unbranched alkanes of at least 4 members (excludes halogenated alkanes) is 3. The van der Waals surface area contributed by atoms with Crippen molar-refractivity contribution in [3.8, 4) is 0 Å². The molecule has 0 amide bonds. The summed E-state index contributed by atoms with van der Waals surface area (Å²) in [4.78, 5) is 22.7. The second kappa shape index (κ2) is 11.9. The zero-order chi connectivity index (χ0) is 21.2. The summed E-state index contributed by atoms with van der Waals surface area (Å²) in [5.74, 6) is -1.31. The third-order valence-corrected chi connectivity index (χ3v) is 5.77. The van der Waals surface area contributed by atoms with Gasteiger partial charge < -0.3 is 20.6 Å². The Labute approximate surface area is 171 Å². The molecule has 0 radical (unpaired) electrons. The van der Waals surface area contributed by atoms with Gasteiger partial charge in [0.25, 0.3) is 0 Å². The number of benzene rings is 1. The number of carbonyl (C=O) groups excluding carboxylic acids is 1. The average molecular weight is 409 g/mol. The molecule has 1 aliphatic rings. The molecule has 0 spiro atoms. The van der Waals surface area contributed by atoms with Crippen molar-refractivity contribution in [2.45, 2.75) is 70.0 Å². The van der Waals surface area contributed by atoms with E-state index in [1.165, 1.54) is 12.1 Å². The Morgan fingerprint density at radius 3 is 2.38 bits per heavy atom. The molecule has 4 N–H and O–H groups in total. The second-order valence-electron chi connectivity index (χ2n) is 7.99. The van der Waals surface area contributed by atoms with Gasteiger partial charge in [-0.3, -0.25) is 9.59 Å². The predicted octanol–water partition coefficient (Wildman–Crippen LogP) is 3.37. The number of hydrogen-bond donors (Lipinski definition) is 4. The van der Waals surface area contributed by atoms with E-state index in [0.29, 0.717) is 31.4 Å². The van der Waals surface area contributed by atoms with E-state index in [1.54, 1.807) is 12.1 Å². The molecule has 0 aliphatic heterocycles. The van der Waals surface area contributed by atoms with E-state index in [-0.39, 0.29) is 36.4 Å². The maximum Gasteiger partial charge on any atom is 0.303 e. The number of ketones is 1. The van der Waals surface area contributed by atoms with Crippen molar-refractivity contribution in [3.63, 3.8) is 0 Å². The van der Waals surface area contributed by atoms with Crippen LogP contribution >= 0.6 is 0 Å². The number of nitrogens with one attached hydrogen (secondary N) is 1. The highest BCUT2D eigenvalue weighted by atomic mass is 19.1. The number of carboxylic acid groups (broad SMARTS) is 1. The van der Waals surface area contributed by atoms with Crippen molar-refractivity contribution in [3.05, 3.63) is 30.1 Å². The molecule has 29 heavy (non-hydrogen) atoms. The first-order valence-corrected chi connectivity index (χ1v) is 10.5. The van der Waals surface area contributed by atoms with Crippen LogP contribution in [0.1, 0.15) is 57.8 Å². The first-order valence-electron chi connectivity index (χ1n) is 10.5. The molecule has 1 fully saturated rings. The minimum Gasteiger partial charge on any atom is -0.481 e. The van der Waals surface area contributed by atoms with Crippen LogP contribution in [0.15, 0.2) is 24.3 Å². The van der Waals surface area contributed by atoms with Crippen molar-refractivity contribution in [1.29, 1.82) is 0 Å². The van der Waals surface area contributed by atoms with Crippen molar-refractivity contribution in [2.24, 2.45) is 11.8 Å². The molecule has 2 rings (SSSR count). The number of halogens is 1. The normalized spacial score (nSPS) is 23.8. The summed E-state index contributed by atoms with van der Waals surface area (Å²) in [6.45, 7) is 0.100. The number of rotatable bonds is 13. The quantitative estimate of drug-likeness (QED) is 0.372. The lowest BCUT2D eigenvalue weighted by Crippen LogP contribution is -2.24. The lowest BCUT2D eigenvalue weighted by Gasteiger charge is -2.23. The van der Waals surface area contributed by atoms with Gasteiger partial charge in [0.2, 0.25) is 0 Å². The summed E-state index contributed by atoms with van der Waals surface area (Å²) in [6.07, 6.45) is 4.20. The van der Waals surface area contributed by atoms with Crippen LogP contribution in [0.4, 0.5) is 10.1 Å². The van der Waals surface area contributed by atoms with E-state index in [0.717, 1.165) is 25.7 Å². The number of Topliss-reactive ketones (excluding diaryl/α,β-unsaturated/α-hetero) is 1. The first-order chi connectivity index (χ1) is 13.9. The fourth-order valence-corrected chi connectivity index (χ4v) is 4.21. The van der Waals surface area contributed by atoms with Gasteiger partial charge in [-0.25, -0.2) is 4.39 Å². The number of anilines is 1. The van der Waals surface area contributed by atoms with Crippen molar-refractivity contribution >= 4 is 17.4 Å². The van der Waals surface area contributed by atoms with Gasteiger partial charge >= 0.3 is 5.97 Å². The molecule has 0 aromatic heterocycles. The van der Waals surface area contributed by atoms with Crippen LogP contribution in [0.3, 0.4) is 0 Å². The number of carboxylic acids is 1. The Kier molecular flexibility index (Phi) is 9.54. The van der Waals surface area contributed by atoms with Crippen molar-refractivity contribution in [1.82, 2.24) is 0 Å². The molecule has 0 bridgehead atoms. The van der Waals surface area contributed by atoms with Gasteiger partial charge in [0.1, 0.15) is 5.82 Å². The van der Waals surface area contributed by atoms with E-state index in [4.69, 9.17) is 5.11 Å². The first kappa shape index (κ1) is 23.3. The number of aliphatic hydroxyl groups excluding tert-OH is 2. The topological polar surface area (TPSA) is 107 Å². The predicted molar refractivity (Wildman–Crippen MR) is 108 cm³/mol. The summed E-state index contributed by atoms with van der Waals surface area (Å²) >= 11 is 0. The SMILES string of the molecule is O=C(O)CCCCCCC1C(O)CC(O)C1CCC(=O)CNc1cccc(F)c1. The van der Waals surface area contributed by atoms with Gasteiger partial charge in [0.15, 0.2) is 5.78 Å². The van der Waals surface area contributed by atoms with Crippen LogP contribution in [-0.2, 0) is 9.59 Å². The summed E-state index contributed by atoms with van der Waals surface area (Å²) in [7, 11) is 0. The Balaban J connectivity index is 1.71. The molecule has 4 unspecified atom stereocenters. The maximum absolute atomic E-state index is 13.2. The molecule has 1 aliphatic carbocycles. The molecule has 0 heterocycles. The van der Waals surface area contributed by atoms with Crippen molar-refractivity contribution in [2.75, 3.05) is 11.9 Å². The van der Waals surface area contributed by atoms with Gasteiger partial charge in [0.05, 0.1) is 18.8 Å². The van der Waals surface area contributed by atoms with Crippen LogP contribution in [0.25, 0.3) is 0 Å². The van der Waals surface area contributed by atoms with Gasteiger partial charge in [-0.1, -0.05) is 25.3 Å². The van der Waals surface area contributed by atoms with Crippen LogP contribution in [0.2, 0.25) is 0 Å². The number of aliphatic hydroxyl groups is 2. The molecule has 1 saturated carbocycles. The second-order valence-corrected chi connectivity index (χ2v) is 7.99. The monoisotopic (exact) mass is 409 g/mol. The fraction of sp³-hybridized carbons (Fsp3) is 0.636. The fourth-order valence-electron chi connectivity index (χ4n) is 4.21. The summed E-state index contributed by atoms with van der Waals surface area (Å²) in [6, 6.07) is 5.94. The van der Waals surface area contributed by atoms with E-state index < -0.39 is 18.2 Å². The molecular weight excluding hydrogens is 377 g/mol. The minimum absolute atomic E-state index is 0.0183. The lowest BCUT2D eigenvalue weighted by atomic mass is 9.85. The van der Waals surface area contributed by atoms with Crippen LogP contribution < -0.4 is 5.32 Å². The molecule has 1 aromatic rings. The molecule has 6 nitrogen and oxygen atoms in total. The van der Waals surface area contributed by atoms with Gasteiger partial charge in [0, 0.05) is 18.5 Å². The summed E-state index contributed by atoms with van der Waals surface area (Å²) in [5, 5.41) is 32.1. The standard InChI is InChI=1S/C22H32FNO5/c23-15-6-5-7-16(12-15)24-14-17(25)10-11-19-18(20(26)13-21(19)27)8-3-1-2-4-9-22(28)29/h5-7,12,18-21,24,26-27H,1-4,8-11,13-14H2,(H,28,29). The van der Waals surface area contributed by atoms with Gasteiger partial charge in [-0.05, 0) is 55.7 Å². The smallest absolute Gasteiger partial charge is 0.303 e. The highest BCUT2D eigenvalue weighted by molar-refractivity contribution is 5.82. The third kappa shape index (κ3) is 8.11. The molecule has 0 saturated heterocycles. The van der Waals surface area contributed by atoms with E-state index in [2.05, 4.69) is 5.32 Å². The van der Waals surface area contributed by atoms with Gasteiger partial charge in [-0.2, -0.15) is 0 Å². The maximum atomic E-state index is 13.2. The largest absolute Gasteiger partial charge is 0.481 e. The number of hydrogen-bond acceptors (Lipinski definition) is 5. The minimum atomic E-state index is -0.782. The Bertz CT molecular complexity index is 668. The number of aliphatic carboxylic acids is 1. The Morgan fingerprint density at radius 1 is 1.00 bits per heavy atom. The summed E-state index contributed by atoms with van der Waals surface area (Å²) in [5.41, 5.74) is 0.551. The van der Waals surface area contributed by atoms with Crippen LogP contribution in [0.5, 0.6) is 0 Å². The lowest BCUT2D eigenvalue weighted by molar-refractivity contribution is -0.137. The van der Waals surface area contributed by atoms with Crippen molar-refractivity contribution < 1.29 is 29.3 Å². The van der Waals surface area contributed by atoms with Crippen LogP contribution in [-0.4, -0.2) is 45.8 Å².